The van der Waals surface area contributed by atoms with Gasteiger partial charge in [0.2, 0.25) is 0 Å². The highest BCUT2D eigenvalue weighted by Gasteiger charge is 2.38. The standard InChI is InChI=1S/C24H19F4N7O/c1-4-6-30-23(36)19-14(3)10-15(11-17(19)25)32-21-22-31-12-18(35(22)9-7-29-21)16-13-34(8-5-2)33-20(16)24(26,27)28/h1,5,7,9-13H,2,6,8H2,3H3,(H,29,32)(H,30,36). The number of hydrogen-bond donors (Lipinski definition) is 2. The molecule has 0 unspecified atom stereocenters. The number of allylic oxidation sites excluding steroid dienone is 1. The Kier molecular flexibility index (Phi) is 6.48. The lowest BCUT2D eigenvalue weighted by Gasteiger charge is -2.12. The van der Waals surface area contributed by atoms with Gasteiger partial charge in [0, 0.05) is 24.3 Å². The zero-order valence-corrected chi connectivity index (χ0v) is 18.9. The van der Waals surface area contributed by atoms with Crippen molar-refractivity contribution in [3.8, 4) is 23.6 Å². The fourth-order valence-corrected chi connectivity index (χ4v) is 3.71. The molecule has 12 heteroatoms. The molecule has 0 bridgehead atoms. The maximum Gasteiger partial charge on any atom is 0.435 e. The summed E-state index contributed by atoms with van der Waals surface area (Å²) in [6.07, 6.45) is 7.23. The Balaban J connectivity index is 1.73. The maximum atomic E-state index is 14.7. The summed E-state index contributed by atoms with van der Waals surface area (Å²) in [5.74, 6) is 0.978. The monoisotopic (exact) mass is 497 g/mol. The van der Waals surface area contributed by atoms with E-state index in [2.05, 4.69) is 38.2 Å². The summed E-state index contributed by atoms with van der Waals surface area (Å²) < 4.78 is 58.3. The summed E-state index contributed by atoms with van der Waals surface area (Å²) in [4.78, 5) is 20.6. The van der Waals surface area contributed by atoms with Gasteiger partial charge in [0.05, 0.1) is 36.1 Å². The molecule has 184 valence electrons. The molecule has 2 N–H and O–H groups in total. The molecule has 1 amide bonds. The number of nitrogens with zero attached hydrogens (tertiary/aromatic N) is 5. The normalized spacial score (nSPS) is 11.3. The van der Waals surface area contributed by atoms with Gasteiger partial charge >= 0.3 is 6.18 Å². The largest absolute Gasteiger partial charge is 0.435 e. The van der Waals surface area contributed by atoms with E-state index in [-0.39, 0.29) is 47.1 Å². The van der Waals surface area contributed by atoms with Crippen molar-refractivity contribution in [2.45, 2.75) is 19.6 Å². The number of rotatable bonds is 7. The molecule has 0 aliphatic carbocycles. The third-order valence-corrected chi connectivity index (χ3v) is 5.18. The lowest BCUT2D eigenvalue weighted by Crippen LogP contribution is -2.25. The third-order valence-electron chi connectivity index (χ3n) is 5.18. The van der Waals surface area contributed by atoms with Crippen LogP contribution in [0.2, 0.25) is 0 Å². The first-order chi connectivity index (χ1) is 17.1. The number of hydrogen-bond acceptors (Lipinski definition) is 5. The molecule has 8 nitrogen and oxygen atoms in total. The smallest absolute Gasteiger partial charge is 0.341 e. The van der Waals surface area contributed by atoms with E-state index in [1.165, 1.54) is 41.3 Å². The van der Waals surface area contributed by atoms with Crippen LogP contribution in [0.3, 0.4) is 0 Å². The molecule has 0 aliphatic rings. The molecule has 3 heterocycles. The van der Waals surface area contributed by atoms with Crippen molar-refractivity contribution >= 4 is 23.1 Å². The Bertz CT molecular complexity index is 1490. The number of carbonyl (C=O) groups is 1. The van der Waals surface area contributed by atoms with Crippen LogP contribution in [0.25, 0.3) is 16.9 Å². The second-order valence-corrected chi connectivity index (χ2v) is 7.67. The number of anilines is 2. The minimum Gasteiger partial charge on any atom is -0.341 e. The van der Waals surface area contributed by atoms with Crippen LogP contribution in [-0.2, 0) is 12.7 Å². The highest BCUT2D eigenvalue weighted by molar-refractivity contribution is 5.96. The molecule has 4 aromatic rings. The van der Waals surface area contributed by atoms with E-state index in [9.17, 15) is 22.4 Å². The van der Waals surface area contributed by atoms with Crippen molar-refractivity contribution in [1.82, 2.24) is 29.5 Å². The second-order valence-electron chi connectivity index (χ2n) is 7.67. The zero-order valence-electron chi connectivity index (χ0n) is 18.9. The molecule has 1 aromatic carbocycles. The molecular weight excluding hydrogens is 478 g/mol. The molecule has 0 spiro atoms. The van der Waals surface area contributed by atoms with Crippen LogP contribution in [0.1, 0.15) is 21.6 Å². The van der Waals surface area contributed by atoms with Crippen molar-refractivity contribution in [3.05, 3.63) is 72.2 Å². The Morgan fingerprint density at radius 1 is 1.31 bits per heavy atom. The summed E-state index contributed by atoms with van der Waals surface area (Å²) in [5, 5.41) is 8.98. The minimum absolute atomic E-state index is 0.0472. The fraction of sp³-hybridized carbons (Fsp3) is 0.167. The summed E-state index contributed by atoms with van der Waals surface area (Å²) in [6.45, 7) is 5.13. The summed E-state index contributed by atoms with van der Waals surface area (Å²) >= 11 is 0. The van der Waals surface area contributed by atoms with Gasteiger partial charge in [-0.15, -0.1) is 13.0 Å². The van der Waals surface area contributed by atoms with Crippen molar-refractivity contribution in [2.24, 2.45) is 0 Å². The summed E-state index contributed by atoms with van der Waals surface area (Å²) in [6, 6.07) is 2.64. The molecule has 0 fully saturated rings. The average Bonchev–Trinajstić information content (AvgIpc) is 3.42. The fourth-order valence-electron chi connectivity index (χ4n) is 3.71. The summed E-state index contributed by atoms with van der Waals surface area (Å²) in [7, 11) is 0. The van der Waals surface area contributed by atoms with Gasteiger partial charge in [0.25, 0.3) is 5.91 Å². The first-order valence-corrected chi connectivity index (χ1v) is 10.5. The number of terminal acetylenes is 1. The number of alkyl halides is 3. The topological polar surface area (TPSA) is 89.1 Å². The molecule has 0 aliphatic heterocycles. The van der Waals surface area contributed by atoms with Gasteiger partial charge in [-0.25, -0.2) is 14.4 Å². The lowest BCUT2D eigenvalue weighted by atomic mass is 10.1. The number of nitrogens with one attached hydrogen (secondary N) is 2. The number of aromatic nitrogens is 5. The van der Waals surface area contributed by atoms with E-state index in [0.29, 0.717) is 5.56 Å². The van der Waals surface area contributed by atoms with Crippen LogP contribution in [0.15, 0.2) is 49.6 Å². The van der Waals surface area contributed by atoms with Gasteiger partial charge in [-0.05, 0) is 24.6 Å². The molecule has 0 atom stereocenters. The van der Waals surface area contributed by atoms with Crippen LogP contribution >= 0.6 is 0 Å². The first-order valence-electron chi connectivity index (χ1n) is 10.5. The summed E-state index contributed by atoms with van der Waals surface area (Å²) in [5.41, 5.74) is -0.439. The predicted octanol–water partition coefficient (Wildman–Crippen LogP) is 4.35. The maximum absolute atomic E-state index is 14.7. The number of benzene rings is 1. The molecule has 4 rings (SSSR count). The lowest BCUT2D eigenvalue weighted by molar-refractivity contribution is -0.141. The van der Waals surface area contributed by atoms with Crippen molar-refractivity contribution in [1.29, 1.82) is 0 Å². The van der Waals surface area contributed by atoms with E-state index in [0.717, 1.165) is 10.7 Å². The van der Waals surface area contributed by atoms with Gasteiger partial charge in [0.1, 0.15) is 5.82 Å². The Labute approximate surface area is 202 Å². The van der Waals surface area contributed by atoms with E-state index >= 15 is 0 Å². The number of fused-ring (bicyclic) bond motifs is 1. The SMILES string of the molecule is C#CCNC(=O)c1c(C)cc(Nc2nccn3c(-c4cn(CC=C)nc4C(F)(F)F)cnc23)cc1F. The number of carbonyl (C=O) groups excluding carboxylic acids is 1. The number of amides is 1. The predicted molar refractivity (Wildman–Crippen MR) is 125 cm³/mol. The van der Waals surface area contributed by atoms with Gasteiger partial charge < -0.3 is 10.6 Å². The number of imidazole rings is 1. The average molecular weight is 497 g/mol. The molecule has 3 aromatic heterocycles. The Hall–Kier alpha value is -4.66. The van der Waals surface area contributed by atoms with Crippen LogP contribution in [0.5, 0.6) is 0 Å². The molecule has 36 heavy (non-hydrogen) atoms. The number of aryl methyl sites for hydroxylation is 1. The minimum atomic E-state index is -4.69. The highest BCUT2D eigenvalue weighted by atomic mass is 19.4. The van der Waals surface area contributed by atoms with Crippen LogP contribution < -0.4 is 10.6 Å². The van der Waals surface area contributed by atoms with E-state index in [1.54, 1.807) is 6.92 Å². The first kappa shape index (κ1) is 24.5. The Morgan fingerprint density at radius 2 is 2.08 bits per heavy atom. The van der Waals surface area contributed by atoms with Gasteiger partial charge in [0.15, 0.2) is 17.2 Å². The van der Waals surface area contributed by atoms with Crippen LogP contribution in [0.4, 0.5) is 29.1 Å². The van der Waals surface area contributed by atoms with Gasteiger partial charge in [-0.3, -0.25) is 13.9 Å². The van der Waals surface area contributed by atoms with E-state index in [1.807, 2.05) is 0 Å². The van der Waals surface area contributed by atoms with Crippen molar-refractivity contribution in [2.75, 3.05) is 11.9 Å². The molecular formula is C24H19F4N7O. The zero-order chi connectivity index (χ0) is 26.0. The van der Waals surface area contributed by atoms with Crippen LogP contribution in [0, 0.1) is 25.1 Å². The van der Waals surface area contributed by atoms with Crippen molar-refractivity contribution in [3.63, 3.8) is 0 Å². The van der Waals surface area contributed by atoms with Gasteiger partial charge in [-0.1, -0.05) is 12.0 Å². The van der Waals surface area contributed by atoms with Crippen molar-refractivity contribution < 1.29 is 22.4 Å². The quantitative estimate of drug-likeness (QED) is 0.225. The van der Waals surface area contributed by atoms with E-state index in [4.69, 9.17) is 6.42 Å². The molecule has 0 saturated heterocycles. The van der Waals surface area contributed by atoms with E-state index < -0.39 is 23.6 Å². The Morgan fingerprint density at radius 3 is 2.75 bits per heavy atom. The number of halogens is 4. The second kappa shape index (κ2) is 9.53. The highest BCUT2D eigenvalue weighted by Crippen LogP contribution is 2.37. The molecule has 0 radical (unpaired) electrons. The molecule has 0 saturated carbocycles. The van der Waals surface area contributed by atoms with Gasteiger partial charge in [-0.2, -0.15) is 18.3 Å². The third kappa shape index (κ3) is 4.63. The van der Waals surface area contributed by atoms with Crippen LogP contribution in [-0.4, -0.2) is 36.6 Å².